The summed E-state index contributed by atoms with van der Waals surface area (Å²) < 4.78 is 14.1. The second-order valence-electron chi connectivity index (χ2n) is 12.8. The number of rotatable bonds is 8. The van der Waals surface area contributed by atoms with Crippen molar-refractivity contribution < 1.29 is 9.47 Å². The predicted octanol–water partition coefficient (Wildman–Crippen LogP) is 8.57. The molecule has 0 saturated carbocycles. The van der Waals surface area contributed by atoms with Gasteiger partial charge in [-0.2, -0.15) is 0 Å². The molecule has 2 aliphatic heterocycles. The summed E-state index contributed by atoms with van der Waals surface area (Å²) in [5, 5.41) is 0. The van der Waals surface area contributed by atoms with E-state index < -0.39 is 11.2 Å². The van der Waals surface area contributed by atoms with Crippen molar-refractivity contribution in [2.45, 2.75) is 51.0 Å². The number of pyridine rings is 1. The summed E-state index contributed by atoms with van der Waals surface area (Å²) in [6, 6.07) is 47.2. The van der Waals surface area contributed by atoms with Crippen LogP contribution in [0, 0.1) is 11.8 Å². The molecule has 4 aromatic carbocycles. The topological polar surface area (TPSA) is 56.1 Å². The van der Waals surface area contributed by atoms with Gasteiger partial charge in [-0.05, 0) is 24.0 Å². The fourth-order valence-electron chi connectivity index (χ4n) is 7.05. The summed E-state index contributed by atoms with van der Waals surface area (Å²) in [7, 11) is 0. The number of aliphatic imine (C=N–C) groups is 2. The first-order valence-corrected chi connectivity index (χ1v) is 16.2. The minimum Gasteiger partial charge on any atom is -0.458 e. The number of benzene rings is 4. The molecule has 0 radical (unpaired) electrons. The maximum absolute atomic E-state index is 7.04. The molecular formula is C41H39N3O2. The van der Waals surface area contributed by atoms with Gasteiger partial charge in [-0.1, -0.05) is 155 Å². The summed E-state index contributed by atoms with van der Waals surface area (Å²) in [6.45, 7) is 8.80. The highest BCUT2D eigenvalue weighted by atomic mass is 16.5. The molecule has 3 heterocycles. The molecule has 0 saturated heterocycles. The molecule has 0 bridgehead atoms. The molecule has 0 amide bonds. The maximum Gasteiger partial charge on any atom is 0.237 e. The van der Waals surface area contributed by atoms with E-state index in [4.69, 9.17) is 24.4 Å². The van der Waals surface area contributed by atoms with Gasteiger partial charge in [0.25, 0.3) is 0 Å². The zero-order valence-corrected chi connectivity index (χ0v) is 26.7. The van der Waals surface area contributed by atoms with Crippen LogP contribution in [-0.2, 0) is 20.7 Å². The Kier molecular flexibility index (Phi) is 7.77. The fourth-order valence-corrected chi connectivity index (χ4v) is 7.05. The summed E-state index contributed by atoms with van der Waals surface area (Å²) in [5.74, 6) is 1.44. The van der Waals surface area contributed by atoms with Crippen LogP contribution in [0.1, 0.15) is 61.3 Å². The molecule has 0 unspecified atom stereocenters. The molecule has 0 fully saturated rings. The van der Waals surface area contributed by atoms with E-state index in [1.807, 2.05) is 42.5 Å². The summed E-state index contributed by atoms with van der Waals surface area (Å²) in [4.78, 5) is 15.6. The van der Waals surface area contributed by atoms with Crippen LogP contribution in [0.2, 0.25) is 0 Å². The van der Waals surface area contributed by atoms with Crippen molar-refractivity contribution in [3.8, 4) is 0 Å². The summed E-state index contributed by atoms with van der Waals surface area (Å²) in [5.41, 5.74) is 3.99. The lowest BCUT2D eigenvalue weighted by molar-refractivity contribution is 0.0807. The molecule has 0 aliphatic carbocycles. The zero-order valence-electron chi connectivity index (χ0n) is 26.7. The molecule has 2 aliphatic rings. The first-order chi connectivity index (χ1) is 22.4. The second-order valence-corrected chi connectivity index (χ2v) is 12.8. The molecule has 0 spiro atoms. The third-order valence-corrected chi connectivity index (χ3v) is 9.12. The molecule has 7 rings (SSSR count). The molecule has 2 atom stereocenters. The molecule has 46 heavy (non-hydrogen) atoms. The Balaban J connectivity index is 1.31. The Hall–Kier alpha value is -5.03. The predicted molar refractivity (Wildman–Crippen MR) is 184 cm³/mol. The molecule has 0 N–H and O–H groups in total. The van der Waals surface area contributed by atoms with Crippen LogP contribution in [0.25, 0.3) is 0 Å². The highest BCUT2D eigenvalue weighted by Gasteiger charge is 2.53. The van der Waals surface area contributed by atoms with Crippen molar-refractivity contribution in [1.29, 1.82) is 0 Å². The largest absolute Gasteiger partial charge is 0.458 e. The van der Waals surface area contributed by atoms with Gasteiger partial charge in [0.15, 0.2) is 11.2 Å². The van der Waals surface area contributed by atoms with Crippen molar-refractivity contribution in [3.05, 3.63) is 173 Å². The van der Waals surface area contributed by atoms with E-state index in [2.05, 4.69) is 125 Å². The smallest absolute Gasteiger partial charge is 0.237 e. The highest BCUT2D eigenvalue weighted by Crippen LogP contribution is 2.47. The minimum absolute atomic E-state index is 0.160. The fraction of sp³-hybridized carbons (Fsp3) is 0.244. The minimum atomic E-state index is -0.788. The van der Waals surface area contributed by atoms with Crippen LogP contribution in [0.3, 0.4) is 0 Å². The van der Waals surface area contributed by atoms with Crippen LogP contribution in [-0.4, -0.2) is 28.9 Å². The Morgan fingerprint density at radius 1 is 0.435 bits per heavy atom. The molecule has 1 aromatic heterocycles. The average molecular weight is 606 g/mol. The molecule has 230 valence electrons. The van der Waals surface area contributed by atoms with Crippen molar-refractivity contribution in [2.75, 3.05) is 0 Å². The first-order valence-electron chi connectivity index (χ1n) is 16.2. The van der Waals surface area contributed by atoms with Crippen LogP contribution >= 0.6 is 0 Å². The van der Waals surface area contributed by atoms with E-state index in [1.165, 1.54) is 0 Å². The van der Waals surface area contributed by atoms with E-state index in [1.54, 1.807) is 0 Å². The van der Waals surface area contributed by atoms with Crippen LogP contribution in [0.4, 0.5) is 0 Å². The lowest BCUT2D eigenvalue weighted by Gasteiger charge is -2.36. The van der Waals surface area contributed by atoms with E-state index in [-0.39, 0.29) is 23.9 Å². The van der Waals surface area contributed by atoms with E-state index in [0.29, 0.717) is 23.2 Å². The van der Waals surface area contributed by atoms with Gasteiger partial charge in [0.05, 0.1) is 0 Å². The van der Waals surface area contributed by atoms with Crippen LogP contribution < -0.4 is 0 Å². The van der Waals surface area contributed by atoms with Crippen molar-refractivity contribution in [1.82, 2.24) is 4.98 Å². The summed E-state index contributed by atoms with van der Waals surface area (Å²) in [6.07, 6.45) is 0. The molecule has 5 heteroatoms. The van der Waals surface area contributed by atoms with Crippen LogP contribution in [0.5, 0.6) is 0 Å². The van der Waals surface area contributed by atoms with Gasteiger partial charge in [0, 0.05) is 22.3 Å². The van der Waals surface area contributed by atoms with Crippen LogP contribution in [0.15, 0.2) is 150 Å². The summed E-state index contributed by atoms with van der Waals surface area (Å²) >= 11 is 0. The van der Waals surface area contributed by atoms with Gasteiger partial charge in [-0.3, -0.25) is 0 Å². The van der Waals surface area contributed by atoms with Crippen molar-refractivity contribution >= 4 is 11.8 Å². The maximum atomic E-state index is 7.04. The van der Waals surface area contributed by atoms with Gasteiger partial charge < -0.3 is 9.47 Å². The number of aromatic nitrogens is 1. The Morgan fingerprint density at radius 2 is 0.739 bits per heavy atom. The SMILES string of the molecule is CC(C)[C@@H]1N=C(c2cccc(C3=N[C@@H](C(C)C)C(c4ccccc4)(c4ccccc4)O3)n2)OC1(c1ccccc1)c1ccccc1. The van der Waals surface area contributed by atoms with Gasteiger partial charge in [-0.25, -0.2) is 15.0 Å². The monoisotopic (exact) mass is 605 g/mol. The number of hydrogen-bond donors (Lipinski definition) is 0. The highest BCUT2D eigenvalue weighted by molar-refractivity contribution is 5.98. The normalized spacial score (nSPS) is 19.8. The van der Waals surface area contributed by atoms with Gasteiger partial charge in [0.1, 0.15) is 23.5 Å². The van der Waals surface area contributed by atoms with E-state index >= 15 is 0 Å². The Bertz CT molecular complexity index is 1640. The standard InChI is InChI=1S/C41H39N3O2/c1-28(2)36-40(30-18-9-5-10-19-30,31-20-11-6-12-21-31)45-38(43-36)34-26-17-27-35(42-34)39-44-37(29(3)4)41(46-39,32-22-13-7-14-23-32)33-24-15-8-16-25-33/h5-29,36-37H,1-4H3/t36-,37-/m0/s1. The quantitative estimate of drug-likeness (QED) is 0.178. The molecular weight excluding hydrogens is 566 g/mol. The Morgan fingerprint density at radius 3 is 1.02 bits per heavy atom. The van der Waals surface area contributed by atoms with Crippen molar-refractivity contribution in [3.63, 3.8) is 0 Å². The lowest BCUT2D eigenvalue weighted by Crippen LogP contribution is -2.41. The molecule has 5 aromatic rings. The third kappa shape index (κ3) is 4.91. The van der Waals surface area contributed by atoms with E-state index in [9.17, 15) is 0 Å². The molecule has 5 nitrogen and oxygen atoms in total. The number of ether oxygens (including phenoxy) is 2. The lowest BCUT2D eigenvalue weighted by atomic mass is 9.76. The zero-order chi connectivity index (χ0) is 31.7. The average Bonchev–Trinajstić information content (AvgIpc) is 3.73. The van der Waals surface area contributed by atoms with Gasteiger partial charge >= 0.3 is 0 Å². The van der Waals surface area contributed by atoms with Gasteiger partial charge in [-0.15, -0.1) is 0 Å². The first kappa shape index (κ1) is 29.7. The number of nitrogens with zero attached hydrogens (tertiary/aromatic N) is 3. The number of hydrogen-bond acceptors (Lipinski definition) is 5. The van der Waals surface area contributed by atoms with Crippen molar-refractivity contribution in [2.24, 2.45) is 21.8 Å². The van der Waals surface area contributed by atoms with E-state index in [0.717, 1.165) is 22.3 Å². The second kappa shape index (κ2) is 12.1. The Labute approximate surface area is 271 Å². The van der Waals surface area contributed by atoms with Gasteiger partial charge in [0.2, 0.25) is 11.8 Å². The third-order valence-electron chi connectivity index (χ3n) is 9.12.